The summed E-state index contributed by atoms with van der Waals surface area (Å²) in [5.41, 5.74) is 1.85. The molecule has 0 bridgehead atoms. The number of nitrogens with zero attached hydrogens (tertiary/aromatic N) is 1. The zero-order chi connectivity index (χ0) is 9.26. The van der Waals surface area contributed by atoms with Gasteiger partial charge in [-0.3, -0.25) is 0 Å². The number of rotatable bonds is 1. The molecular weight excluding hydrogens is 177 g/mol. The number of benzene rings is 1. The van der Waals surface area contributed by atoms with Gasteiger partial charge in [0.05, 0.1) is 0 Å². The van der Waals surface area contributed by atoms with Crippen molar-refractivity contribution in [2.75, 3.05) is 0 Å². The van der Waals surface area contributed by atoms with Gasteiger partial charge in [-0.2, -0.15) is 0 Å². The van der Waals surface area contributed by atoms with Crippen LogP contribution in [0.1, 0.15) is 5.69 Å². The first kappa shape index (κ1) is 8.56. The molecular formula is C10H8AlNO. The monoisotopic (exact) mass is 185 g/mol. The Kier molecular flexibility index (Phi) is 2.22. The summed E-state index contributed by atoms with van der Waals surface area (Å²) in [6.07, 6.45) is 0. The molecule has 2 nitrogen and oxygen atoms in total. The number of hydrogen-bond donors (Lipinski definition) is 0. The number of pyridine rings is 1. The maximum atomic E-state index is 10.9. The molecule has 0 unspecified atom stereocenters. The van der Waals surface area contributed by atoms with E-state index in [-0.39, 0.29) is 0 Å². The summed E-state index contributed by atoms with van der Waals surface area (Å²) in [4.78, 5) is 4.37. The van der Waals surface area contributed by atoms with Gasteiger partial charge in [-0.05, 0) is 0 Å². The molecule has 0 N–H and O–H groups in total. The molecule has 0 saturated carbocycles. The fourth-order valence-corrected chi connectivity index (χ4v) is 1.90. The van der Waals surface area contributed by atoms with Gasteiger partial charge in [0.1, 0.15) is 0 Å². The van der Waals surface area contributed by atoms with Crippen molar-refractivity contribution in [2.45, 2.75) is 6.92 Å². The molecule has 0 fully saturated rings. The first-order valence-corrected chi connectivity index (χ1v) is 5.18. The van der Waals surface area contributed by atoms with Gasteiger partial charge in [0.25, 0.3) is 0 Å². The fraction of sp³-hybridized carbons (Fsp3) is 0.100. The molecule has 0 aliphatic heterocycles. The van der Waals surface area contributed by atoms with Crippen molar-refractivity contribution in [1.29, 1.82) is 0 Å². The van der Waals surface area contributed by atoms with E-state index in [0.717, 1.165) is 21.0 Å². The van der Waals surface area contributed by atoms with Crippen molar-refractivity contribution in [2.24, 2.45) is 0 Å². The van der Waals surface area contributed by atoms with Gasteiger partial charge in [-0.25, -0.2) is 0 Å². The first-order valence-electron chi connectivity index (χ1n) is 4.13. The second kappa shape index (κ2) is 3.37. The SMILES string of the molecule is Cc1ccc2ccc[c]([Al]=[O])c2n1. The standard InChI is InChI=1S/C10H8N.Al.O/c1-8-6-7-9-4-2-3-5-10(9)11-8;;/h2-4,6-7H,1H3;;. The van der Waals surface area contributed by atoms with E-state index in [1.54, 1.807) is 0 Å². The van der Waals surface area contributed by atoms with Crippen LogP contribution in [0.2, 0.25) is 0 Å². The van der Waals surface area contributed by atoms with Gasteiger partial charge in [0, 0.05) is 0 Å². The molecule has 0 radical (unpaired) electrons. The molecule has 3 heteroatoms. The molecule has 0 aliphatic rings. The Morgan fingerprint density at radius 1 is 1.23 bits per heavy atom. The number of para-hydroxylation sites is 1. The molecule has 2 aromatic rings. The summed E-state index contributed by atoms with van der Waals surface area (Å²) < 4.78 is 11.8. The number of hydrogen-bond acceptors (Lipinski definition) is 2. The van der Waals surface area contributed by atoms with Gasteiger partial charge in [0.15, 0.2) is 0 Å². The Labute approximate surface area is 82.5 Å². The molecule has 0 aliphatic carbocycles. The van der Waals surface area contributed by atoms with Gasteiger partial charge >= 0.3 is 82.2 Å². The Morgan fingerprint density at radius 3 is 2.85 bits per heavy atom. The Bertz CT molecular complexity index is 467. The molecule has 0 atom stereocenters. The van der Waals surface area contributed by atoms with E-state index >= 15 is 0 Å². The van der Waals surface area contributed by atoms with Crippen LogP contribution in [-0.4, -0.2) is 20.1 Å². The summed E-state index contributed by atoms with van der Waals surface area (Å²) in [5.74, 6) is 0. The van der Waals surface area contributed by atoms with Crippen LogP contribution in [0.4, 0.5) is 0 Å². The van der Waals surface area contributed by atoms with Crippen molar-refractivity contribution in [3.63, 3.8) is 0 Å². The van der Waals surface area contributed by atoms with E-state index in [1.807, 2.05) is 37.3 Å². The van der Waals surface area contributed by atoms with Crippen LogP contribution in [0, 0.1) is 6.92 Å². The van der Waals surface area contributed by atoms with E-state index in [4.69, 9.17) is 0 Å². The minimum atomic E-state index is -0.896. The first-order chi connectivity index (χ1) is 6.31. The third kappa shape index (κ3) is 1.53. The second-order valence-corrected chi connectivity index (χ2v) is 3.85. The van der Waals surface area contributed by atoms with E-state index in [1.165, 1.54) is 0 Å². The molecule has 0 saturated heterocycles. The topological polar surface area (TPSA) is 30.0 Å². The molecule has 1 aromatic heterocycles. The van der Waals surface area contributed by atoms with Crippen LogP contribution >= 0.6 is 0 Å². The second-order valence-electron chi connectivity index (χ2n) is 2.99. The Hall–Kier alpha value is -1.04. The maximum absolute atomic E-state index is 10.9. The number of aromatic nitrogens is 1. The summed E-state index contributed by atoms with van der Waals surface area (Å²) >= 11 is -0.896. The summed E-state index contributed by atoms with van der Waals surface area (Å²) in [5, 5.41) is 1.06. The van der Waals surface area contributed by atoms with Crippen molar-refractivity contribution in [3.8, 4) is 0 Å². The number of fused-ring (bicyclic) bond motifs is 1. The molecule has 0 spiro atoms. The minimum absolute atomic E-state index is 0.862. The van der Waals surface area contributed by atoms with Crippen LogP contribution in [0.5, 0.6) is 0 Å². The van der Waals surface area contributed by atoms with Gasteiger partial charge in [-0.1, -0.05) is 0 Å². The average Bonchev–Trinajstić information content (AvgIpc) is 2.17. The third-order valence-corrected chi connectivity index (χ3v) is 2.74. The van der Waals surface area contributed by atoms with Crippen LogP contribution in [0.25, 0.3) is 10.9 Å². The van der Waals surface area contributed by atoms with Crippen molar-refractivity contribution in [1.82, 2.24) is 4.98 Å². The Morgan fingerprint density at radius 2 is 2.08 bits per heavy atom. The summed E-state index contributed by atoms with van der Waals surface area (Å²) in [6, 6.07) is 9.75. The van der Waals surface area contributed by atoms with Crippen LogP contribution < -0.4 is 4.43 Å². The third-order valence-electron chi connectivity index (χ3n) is 2.02. The average molecular weight is 185 g/mol. The van der Waals surface area contributed by atoms with Gasteiger partial charge < -0.3 is 0 Å². The molecule has 1 aromatic carbocycles. The van der Waals surface area contributed by atoms with Gasteiger partial charge in [-0.15, -0.1) is 0 Å². The predicted octanol–water partition coefficient (Wildman–Crippen LogP) is 1.22. The van der Waals surface area contributed by atoms with Crippen LogP contribution in [0.3, 0.4) is 0 Å². The quantitative estimate of drug-likeness (QED) is 0.625. The van der Waals surface area contributed by atoms with E-state index in [9.17, 15) is 3.80 Å². The van der Waals surface area contributed by atoms with Crippen LogP contribution in [0.15, 0.2) is 30.3 Å². The molecule has 1 heterocycles. The Balaban J connectivity index is 2.86. The molecule has 62 valence electrons. The molecule has 0 amide bonds. The zero-order valence-corrected chi connectivity index (χ0v) is 8.47. The molecule has 2 rings (SSSR count). The van der Waals surface area contributed by atoms with Gasteiger partial charge in [0.2, 0.25) is 0 Å². The van der Waals surface area contributed by atoms with Crippen molar-refractivity contribution >= 4 is 30.5 Å². The van der Waals surface area contributed by atoms with Crippen molar-refractivity contribution in [3.05, 3.63) is 36.0 Å². The van der Waals surface area contributed by atoms with Crippen molar-refractivity contribution < 1.29 is 3.80 Å². The zero-order valence-electron chi connectivity index (χ0n) is 7.32. The fourth-order valence-electron chi connectivity index (χ4n) is 1.36. The van der Waals surface area contributed by atoms with E-state index < -0.39 is 15.2 Å². The summed E-state index contributed by atoms with van der Waals surface area (Å²) in [7, 11) is 0. The summed E-state index contributed by atoms with van der Waals surface area (Å²) in [6.45, 7) is 1.94. The predicted molar refractivity (Wildman–Crippen MR) is 52.6 cm³/mol. The molecule has 13 heavy (non-hydrogen) atoms. The normalized spacial score (nSPS) is 9.92. The number of aryl methyl sites for hydroxylation is 1. The van der Waals surface area contributed by atoms with Crippen LogP contribution in [-0.2, 0) is 3.80 Å². The van der Waals surface area contributed by atoms with E-state index in [0.29, 0.717) is 0 Å². The van der Waals surface area contributed by atoms with E-state index in [2.05, 4.69) is 4.98 Å².